The van der Waals surface area contributed by atoms with Crippen LogP contribution in [0.3, 0.4) is 0 Å². The van der Waals surface area contributed by atoms with Gasteiger partial charge in [0.2, 0.25) is 0 Å². The Hall–Kier alpha value is -2.86. The summed E-state index contributed by atoms with van der Waals surface area (Å²) in [6.07, 6.45) is 3.16. The lowest BCUT2D eigenvalue weighted by molar-refractivity contribution is 0.283. The molecule has 1 saturated carbocycles. The molecule has 1 aromatic heterocycles. The zero-order valence-corrected chi connectivity index (χ0v) is 18.5. The summed E-state index contributed by atoms with van der Waals surface area (Å²) in [4.78, 5) is 7.27. The van der Waals surface area contributed by atoms with Crippen molar-refractivity contribution in [1.82, 2.24) is 4.98 Å². The van der Waals surface area contributed by atoms with Crippen LogP contribution in [0.2, 0.25) is 0 Å². The van der Waals surface area contributed by atoms with Crippen molar-refractivity contribution in [3.63, 3.8) is 0 Å². The molecule has 1 saturated heterocycles. The summed E-state index contributed by atoms with van der Waals surface area (Å²) in [6.45, 7) is 4.95. The molecule has 1 aliphatic heterocycles. The van der Waals surface area contributed by atoms with E-state index in [4.69, 9.17) is 4.74 Å². The Kier molecular flexibility index (Phi) is 4.97. The Labute approximate surface area is 183 Å². The monoisotopic (exact) mass is 434 g/mol. The van der Waals surface area contributed by atoms with Crippen LogP contribution in [-0.2, 0) is 9.84 Å². The minimum Gasteiger partial charge on any atom is -0.493 e. The molecule has 2 aliphatic rings. The average Bonchev–Trinajstić information content (AvgIpc) is 3.21. The highest BCUT2D eigenvalue weighted by molar-refractivity contribution is 7.90. The third-order valence-electron chi connectivity index (χ3n) is 6.50. The van der Waals surface area contributed by atoms with Gasteiger partial charge in [-0.2, -0.15) is 0 Å². The van der Waals surface area contributed by atoms with Gasteiger partial charge >= 0.3 is 0 Å². The summed E-state index contributed by atoms with van der Waals surface area (Å²) in [6, 6.07) is 19.2. The molecule has 31 heavy (non-hydrogen) atoms. The van der Waals surface area contributed by atoms with Crippen LogP contribution in [-0.4, -0.2) is 39.4 Å². The molecular formula is C25H26N2O3S. The van der Waals surface area contributed by atoms with Crippen molar-refractivity contribution in [1.29, 1.82) is 0 Å². The second-order valence-electron chi connectivity index (χ2n) is 8.72. The number of ether oxygens (including phenoxy) is 1. The lowest BCUT2D eigenvalue weighted by Crippen LogP contribution is -2.26. The first-order valence-electron chi connectivity index (χ1n) is 10.6. The maximum atomic E-state index is 11.6. The number of aromatic nitrogens is 1. The number of aryl methyl sites for hydroxylation is 1. The van der Waals surface area contributed by atoms with E-state index in [0.717, 1.165) is 42.4 Å². The summed E-state index contributed by atoms with van der Waals surface area (Å²) in [5.74, 6) is 3.99. The summed E-state index contributed by atoms with van der Waals surface area (Å²) in [7, 11) is -3.17. The normalized spacial score (nSPS) is 22.3. The van der Waals surface area contributed by atoms with Crippen LogP contribution in [0, 0.1) is 24.7 Å². The fourth-order valence-electron chi connectivity index (χ4n) is 4.56. The van der Waals surface area contributed by atoms with Gasteiger partial charge in [0.25, 0.3) is 0 Å². The molecule has 0 amide bonds. The molecule has 6 heteroatoms. The Morgan fingerprint density at radius 1 is 0.935 bits per heavy atom. The summed E-state index contributed by atoms with van der Waals surface area (Å²) < 4.78 is 29.3. The van der Waals surface area contributed by atoms with Crippen molar-refractivity contribution in [3.8, 4) is 16.9 Å². The van der Waals surface area contributed by atoms with E-state index in [1.54, 1.807) is 12.1 Å². The molecule has 0 radical (unpaired) electrons. The SMILES string of the molecule is Cc1ccc(N2CC3C(COc4ccc(-c5ccc(S(C)(=O)=O)cc5)cc4)C3C2)nc1. The standard InChI is InChI=1S/C25H26N2O3S/c1-17-3-12-25(26-13-17)27-14-22-23(15-27)24(22)16-30-20-8-4-18(5-9-20)19-6-10-21(11-7-19)31(2,28)29/h3-13,22-24H,14-16H2,1-2H3. The highest BCUT2D eigenvalue weighted by Crippen LogP contribution is 2.52. The summed E-state index contributed by atoms with van der Waals surface area (Å²) in [5.41, 5.74) is 3.22. The van der Waals surface area contributed by atoms with Gasteiger partial charge in [0.05, 0.1) is 11.5 Å². The zero-order chi connectivity index (χ0) is 21.6. The second-order valence-corrected chi connectivity index (χ2v) is 10.7. The van der Waals surface area contributed by atoms with Crippen LogP contribution in [0.15, 0.2) is 71.8 Å². The highest BCUT2D eigenvalue weighted by Gasteiger charge is 2.56. The highest BCUT2D eigenvalue weighted by atomic mass is 32.2. The fourth-order valence-corrected chi connectivity index (χ4v) is 5.19. The number of rotatable bonds is 6. The van der Waals surface area contributed by atoms with Crippen molar-refractivity contribution in [2.24, 2.45) is 17.8 Å². The van der Waals surface area contributed by atoms with Gasteiger partial charge < -0.3 is 9.64 Å². The van der Waals surface area contributed by atoms with Crippen LogP contribution in [0.4, 0.5) is 5.82 Å². The Morgan fingerprint density at radius 2 is 1.55 bits per heavy atom. The van der Waals surface area contributed by atoms with Gasteiger partial charge in [0.1, 0.15) is 11.6 Å². The Balaban J connectivity index is 1.14. The number of pyridine rings is 1. The molecule has 0 bridgehead atoms. The third-order valence-corrected chi connectivity index (χ3v) is 7.63. The lowest BCUT2D eigenvalue weighted by Gasteiger charge is -2.21. The van der Waals surface area contributed by atoms with E-state index in [2.05, 4.69) is 28.9 Å². The van der Waals surface area contributed by atoms with E-state index < -0.39 is 9.84 Å². The van der Waals surface area contributed by atoms with E-state index in [0.29, 0.717) is 22.6 Å². The number of sulfone groups is 1. The molecule has 0 spiro atoms. The number of hydrogen-bond acceptors (Lipinski definition) is 5. The van der Waals surface area contributed by atoms with Gasteiger partial charge in [-0.3, -0.25) is 0 Å². The first-order valence-corrected chi connectivity index (χ1v) is 12.5. The van der Waals surface area contributed by atoms with Gasteiger partial charge in [0, 0.05) is 31.5 Å². The lowest BCUT2D eigenvalue weighted by atomic mass is 10.1. The van der Waals surface area contributed by atoms with Crippen molar-refractivity contribution in [2.75, 3.05) is 30.9 Å². The van der Waals surface area contributed by atoms with E-state index in [1.165, 1.54) is 11.8 Å². The van der Waals surface area contributed by atoms with Crippen LogP contribution in [0.1, 0.15) is 5.56 Å². The maximum Gasteiger partial charge on any atom is 0.175 e. The van der Waals surface area contributed by atoms with Gasteiger partial charge in [-0.1, -0.05) is 30.3 Å². The number of benzene rings is 2. The van der Waals surface area contributed by atoms with Crippen LogP contribution in [0.5, 0.6) is 5.75 Å². The van der Waals surface area contributed by atoms with Gasteiger partial charge in [-0.15, -0.1) is 0 Å². The minimum absolute atomic E-state index is 0.336. The Bertz CT molecular complexity index is 1160. The predicted molar refractivity (Wildman–Crippen MR) is 122 cm³/mol. The zero-order valence-electron chi connectivity index (χ0n) is 17.7. The van der Waals surface area contributed by atoms with E-state index >= 15 is 0 Å². The smallest absolute Gasteiger partial charge is 0.175 e. The summed E-state index contributed by atoms with van der Waals surface area (Å²) in [5, 5.41) is 0. The quantitative estimate of drug-likeness (QED) is 0.581. The number of hydrogen-bond donors (Lipinski definition) is 0. The third kappa shape index (κ3) is 4.17. The predicted octanol–water partition coefficient (Wildman–Crippen LogP) is 4.22. The first kappa shape index (κ1) is 20.1. The van der Waals surface area contributed by atoms with E-state index in [1.807, 2.05) is 42.6 Å². The number of fused-ring (bicyclic) bond motifs is 1. The molecule has 2 fully saturated rings. The molecule has 5 rings (SSSR count). The second kappa shape index (κ2) is 7.68. The molecule has 2 unspecified atom stereocenters. The summed E-state index contributed by atoms with van der Waals surface area (Å²) >= 11 is 0. The van der Waals surface area contributed by atoms with Crippen molar-refractivity contribution >= 4 is 15.7 Å². The molecule has 160 valence electrons. The van der Waals surface area contributed by atoms with Crippen molar-refractivity contribution in [3.05, 3.63) is 72.4 Å². The van der Waals surface area contributed by atoms with E-state index in [-0.39, 0.29) is 0 Å². The molecule has 1 aliphatic carbocycles. The molecule has 2 heterocycles. The Morgan fingerprint density at radius 3 is 2.10 bits per heavy atom. The number of piperidine rings is 1. The van der Waals surface area contributed by atoms with Gasteiger partial charge in [0.15, 0.2) is 9.84 Å². The molecule has 5 nitrogen and oxygen atoms in total. The molecule has 3 aromatic rings. The molecule has 0 N–H and O–H groups in total. The van der Waals surface area contributed by atoms with Gasteiger partial charge in [-0.25, -0.2) is 13.4 Å². The van der Waals surface area contributed by atoms with Crippen LogP contribution >= 0.6 is 0 Å². The average molecular weight is 435 g/mol. The first-order chi connectivity index (χ1) is 14.9. The molecule has 2 atom stereocenters. The largest absolute Gasteiger partial charge is 0.493 e. The van der Waals surface area contributed by atoms with Crippen molar-refractivity contribution < 1.29 is 13.2 Å². The van der Waals surface area contributed by atoms with Crippen LogP contribution < -0.4 is 9.64 Å². The molecule has 2 aromatic carbocycles. The van der Waals surface area contributed by atoms with Crippen molar-refractivity contribution in [2.45, 2.75) is 11.8 Å². The van der Waals surface area contributed by atoms with E-state index in [9.17, 15) is 8.42 Å². The fraction of sp³-hybridized carbons (Fsp3) is 0.320. The molecular weight excluding hydrogens is 408 g/mol. The number of nitrogens with zero attached hydrogens (tertiary/aromatic N) is 2. The topological polar surface area (TPSA) is 59.5 Å². The van der Waals surface area contributed by atoms with Crippen LogP contribution in [0.25, 0.3) is 11.1 Å². The minimum atomic E-state index is -3.17. The van der Waals surface area contributed by atoms with Gasteiger partial charge in [-0.05, 0) is 65.8 Å². The number of anilines is 1. The maximum absolute atomic E-state index is 11.6.